The molecule has 1 aliphatic heterocycles. The van der Waals surface area contributed by atoms with Crippen LogP contribution in [0.4, 0.5) is 0 Å². The average molecular weight is 167 g/mol. The minimum atomic E-state index is 0.507. The molecule has 0 atom stereocenters. The molecular weight excluding hydrogens is 148 g/mol. The molecule has 68 valence electrons. The van der Waals surface area contributed by atoms with Crippen LogP contribution in [0.1, 0.15) is 39.0 Å². The van der Waals surface area contributed by atoms with Gasteiger partial charge in [-0.1, -0.05) is 6.42 Å². The molecule has 0 aromatic heterocycles. The zero-order valence-electron chi connectivity index (χ0n) is 7.97. The number of nitrogens with one attached hydrogen (secondary N) is 1. The lowest BCUT2D eigenvalue weighted by molar-refractivity contribution is -0.596. The lowest BCUT2D eigenvalue weighted by Gasteiger charge is -2.31. The minimum Gasteiger partial charge on any atom is -0.276 e. The van der Waals surface area contributed by atoms with Crippen LogP contribution in [0.15, 0.2) is 0 Å². The van der Waals surface area contributed by atoms with Crippen LogP contribution in [-0.2, 0) is 0 Å². The second kappa shape index (κ2) is 3.08. The zero-order valence-corrected chi connectivity index (χ0v) is 7.97. The Bertz CT molecular complexity index is 190. The van der Waals surface area contributed by atoms with Gasteiger partial charge in [-0.15, -0.1) is 0 Å². The van der Waals surface area contributed by atoms with E-state index >= 15 is 0 Å². The number of nitrogens with zero attached hydrogens (tertiary/aromatic N) is 1. The molecule has 0 aromatic carbocycles. The summed E-state index contributed by atoms with van der Waals surface area (Å²) in [6, 6.07) is 0. The Kier molecular flexibility index (Phi) is 2.07. The number of likely N-dealkylation sites (N-methyl/N-ethyl adjacent to an activating group) is 1. The number of rotatable bonds is 1. The monoisotopic (exact) mass is 167 g/mol. The van der Waals surface area contributed by atoms with Crippen LogP contribution in [0.5, 0.6) is 0 Å². The van der Waals surface area contributed by atoms with Gasteiger partial charge in [0.1, 0.15) is 12.1 Å². The Morgan fingerprint density at radius 2 is 2.08 bits per heavy atom. The predicted molar refractivity (Wildman–Crippen MR) is 50.7 cm³/mol. The Balaban J connectivity index is 2.13. The molecular formula is C10H19N2+. The molecule has 0 saturated heterocycles. The molecule has 1 saturated carbocycles. The van der Waals surface area contributed by atoms with Crippen molar-refractivity contribution in [2.75, 3.05) is 13.1 Å². The van der Waals surface area contributed by atoms with Gasteiger partial charge in [-0.2, -0.15) is 0 Å². The molecule has 0 aromatic rings. The van der Waals surface area contributed by atoms with Crippen molar-refractivity contribution in [3.05, 3.63) is 0 Å². The predicted octanol–water partition coefficient (Wildman–Crippen LogP) is 1.35. The van der Waals surface area contributed by atoms with Gasteiger partial charge in [-0.05, 0) is 32.6 Å². The van der Waals surface area contributed by atoms with Gasteiger partial charge in [0, 0.05) is 0 Å². The molecule has 1 heterocycles. The van der Waals surface area contributed by atoms with Crippen molar-refractivity contribution in [2.45, 2.75) is 44.6 Å². The van der Waals surface area contributed by atoms with E-state index in [0.717, 1.165) is 6.54 Å². The number of hydrogen-bond donors (Lipinski definition) is 1. The van der Waals surface area contributed by atoms with E-state index in [1.165, 1.54) is 38.6 Å². The molecule has 2 nitrogen and oxygen atoms in total. The van der Waals surface area contributed by atoms with E-state index in [1.807, 2.05) is 0 Å². The molecule has 1 aliphatic carbocycles. The van der Waals surface area contributed by atoms with Crippen molar-refractivity contribution in [2.24, 2.45) is 0 Å². The lowest BCUT2D eigenvalue weighted by atomic mass is 9.81. The van der Waals surface area contributed by atoms with Crippen LogP contribution in [0.2, 0.25) is 0 Å². The molecule has 1 N–H and O–H groups in total. The molecule has 0 unspecified atom stereocenters. The van der Waals surface area contributed by atoms with Gasteiger partial charge >= 0.3 is 0 Å². The van der Waals surface area contributed by atoms with Gasteiger partial charge in [0.15, 0.2) is 0 Å². The summed E-state index contributed by atoms with van der Waals surface area (Å²) in [7, 11) is 0. The summed E-state index contributed by atoms with van der Waals surface area (Å²) >= 11 is 0. The van der Waals surface area contributed by atoms with E-state index in [1.54, 1.807) is 0 Å². The second-order valence-electron chi connectivity index (χ2n) is 4.08. The third kappa shape index (κ3) is 1.13. The molecule has 0 bridgehead atoms. The SMILES string of the molecule is CC[N+]1=CNCC12CCCCC2. The van der Waals surface area contributed by atoms with Gasteiger partial charge in [0.25, 0.3) is 0 Å². The van der Waals surface area contributed by atoms with Crippen molar-refractivity contribution >= 4 is 6.34 Å². The first-order chi connectivity index (χ1) is 5.87. The average Bonchev–Trinajstić information content (AvgIpc) is 2.49. The highest BCUT2D eigenvalue weighted by Crippen LogP contribution is 2.31. The van der Waals surface area contributed by atoms with E-state index in [0.29, 0.717) is 5.54 Å². The molecule has 0 amide bonds. The first kappa shape index (κ1) is 8.09. The van der Waals surface area contributed by atoms with Gasteiger partial charge < -0.3 is 0 Å². The van der Waals surface area contributed by atoms with Crippen LogP contribution in [0.3, 0.4) is 0 Å². The van der Waals surface area contributed by atoms with Crippen molar-refractivity contribution in [1.29, 1.82) is 0 Å². The fourth-order valence-electron chi connectivity index (χ4n) is 2.68. The van der Waals surface area contributed by atoms with Crippen molar-refractivity contribution in [3.63, 3.8) is 0 Å². The molecule has 2 aliphatic rings. The topological polar surface area (TPSA) is 15.0 Å². The maximum atomic E-state index is 3.38. The molecule has 2 rings (SSSR count). The largest absolute Gasteiger partial charge is 0.276 e. The highest BCUT2D eigenvalue weighted by molar-refractivity contribution is 5.50. The highest BCUT2D eigenvalue weighted by atomic mass is 15.2. The Labute approximate surface area is 74.7 Å². The molecule has 1 fully saturated rings. The van der Waals surface area contributed by atoms with Crippen molar-refractivity contribution < 1.29 is 4.58 Å². The van der Waals surface area contributed by atoms with E-state index in [4.69, 9.17) is 0 Å². The van der Waals surface area contributed by atoms with Crippen LogP contribution in [-0.4, -0.2) is 29.5 Å². The minimum absolute atomic E-state index is 0.507. The van der Waals surface area contributed by atoms with Crippen LogP contribution >= 0.6 is 0 Å². The van der Waals surface area contributed by atoms with Crippen LogP contribution in [0, 0.1) is 0 Å². The molecule has 2 heteroatoms. The summed E-state index contributed by atoms with van der Waals surface area (Å²) in [5.41, 5.74) is 0.507. The second-order valence-corrected chi connectivity index (χ2v) is 4.08. The molecule has 0 radical (unpaired) electrons. The quantitative estimate of drug-likeness (QED) is 0.583. The molecule has 12 heavy (non-hydrogen) atoms. The first-order valence-corrected chi connectivity index (χ1v) is 5.21. The smallest absolute Gasteiger partial charge is 0.232 e. The maximum Gasteiger partial charge on any atom is 0.232 e. The summed E-state index contributed by atoms with van der Waals surface area (Å²) in [6.45, 7) is 4.59. The molecule has 1 spiro atoms. The maximum absolute atomic E-state index is 3.38. The summed E-state index contributed by atoms with van der Waals surface area (Å²) in [5, 5.41) is 3.38. The third-order valence-electron chi connectivity index (χ3n) is 3.41. The zero-order chi connectivity index (χ0) is 8.44. The summed E-state index contributed by atoms with van der Waals surface area (Å²) < 4.78 is 2.51. The summed E-state index contributed by atoms with van der Waals surface area (Å²) in [4.78, 5) is 0. The van der Waals surface area contributed by atoms with Crippen molar-refractivity contribution in [3.8, 4) is 0 Å². The Morgan fingerprint density at radius 3 is 2.75 bits per heavy atom. The fourth-order valence-corrected chi connectivity index (χ4v) is 2.68. The normalized spacial score (nSPS) is 26.9. The third-order valence-corrected chi connectivity index (χ3v) is 3.41. The Morgan fingerprint density at radius 1 is 1.33 bits per heavy atom. The van der Waals surface area contributed by atoms with Crippen LogP contribution in [0.25, 0.3) is 0 Å². The van der Waals surface area contributed by atoms with Gasteiger partial charge in [0.05, 0.1) is 6.54 Å². The highest BCUT2D eigenvalue weighted by Gasteiger charge is 2.42. The van der Waals surface area contributed by atoms with Crippen LogP contribution < -0.4 is 5.32 Å². The van der Waals surface area contributed by atoms with Gasteiger partial charge in [-0.25, -0.2) is 0 Å². The standard InChI is InChI=1S/C10H18N2/c1-2-12-9-11-8-10(12)6-4-3-5-7-10/h9H,2-8H2,1H3/p+1. The van der Waals surface area contributed by atoms with E-state index in [-0.39, 0.29) is 0 Å². The van der Waals surface area contributed by atoms with Gasteiger partial charge in [0.2, 0.25) is 6.34 Å². The lowest BCUT2D eigenvalue weighted by Crippen LogP contribution is -2.44. The van der Waals surface area contributed by atoms with Gasteiger partial charge in [-0.3, -0.25) is 9.89 Å². The number of hydrogen-bond acceptors (Lipinski definition) is 1. The summed E-state index contributed by atoms with van der Waals surface area (Å²) in [5.74, 6) is 0. The van der Waals surface area contributed by atoms with Crippen molar-refractivity contribution in [1.82, 2.24) is 5.32 Å². The Hall–Kier alpha value is -0.530. The summed E-state index contributed by atoms with van der Waals surface area (Å²) in [6.07, 6.45) is 9.26. The van der Waals surface area contributed by atoms with E-state index in [9.17, 15) is 0 Å². The van der Waals surface area contributed by atoms with E-state index < -0.39 is 0 Å². The fraction of sp³-hybridized carbons (Fsp3) is 0.900. The first-order valence-electron chi connectivity index (χ1n) is 5.21. The van der Waals surface area contributed by atoms with E-state index in [2.05, 4.69) is 23.2 Å².